The smallest absolute Gasteiger partial charge is 0.416 e. The Hall–Kier alpha value is -4.68. The van der Waals surface area contributed by atoms with Crippen molar-refractivity contribution in [3.05, 3.63) is 95.2 Å². The number of H-pyrrole nitrogens is 1. The van der Waals surface area contributed by atoms with Crippen molar-refractivity contribution in [1.29, 1.82) is 0 Å². The van der Waals surface area contributed by atoms with Crippen molar-refractivity contribution in [3.8, 4) is 5.75 Å². The zero-order valence-corrected chi connectivity index (χ0v) is 24.6. The zero-order valence-electron chi connectivity index (χ0n) is 24.6. The number of urea groups is 1. The molecule has 2 N–H and O–H groups in total. The first-order valence-electron chi connectivity index (χ1n) is 14.1. The summed E-state index contributed by atoms with van der Waals surface area (Å²) in [5, 5.41) is 3.13. The van der Waals surface area contributed by atoms with Crippen LogP contribution in [-0.2, 0) is 30.1 Å². The largest absolute Gasteiger partial charge is 0.497 e. The van der Waals surface area contributed by atoms with E-state index in [4.69, 9.17) is 4.74 Å². The lowest BCUT2D eigenvalue weighted by molar-refractivity contribution is -0.143. The number of benzene rings is 3. The number of hydrogen-bond acceptors (Lipinski definition) is 3. The Morgan fingerprint density at radius 2 is 1.51 bits per heavy atom. The summed E-state index contributed by atoms with van der Waals surface area (Å²) in [6.45, 7) is 1.77. The molecule has 45 heavy (non-hydrogen) atoms. The lowest BCUT2D eigenvalue weighted by Gasteiger charge is -2.28. The number of methoxy groups -OCH3 is 1. The van der Waals surface area contributed by atoms with Crippen LogP contribution in [-0.4, -0.2) is 53.5 Å². The van der Waals surface area contributed by atoms with Crippen LogP contribution in [0.4, 0.5) is 36.8 Å². The van der Waals surface area contributed by atoms with Gasteiger partial charge in [0.25, 0.3) is 0 Å². The fourth-order valence-electron chi connectivity index (χ4n) is 4.85. The molecular weight excluding hydrogens is 602 g/mol. The minimum atomic E-state index is -5.08. The highest BCUT2D eigenvalue weighted by Crippen LogP contribution is 2.37. The van der Waals surface area contributed by atoms with E-state index in [0.717, 1.165) is 26.9 Å². The zero-order chi connectivity index (χ0) is 32.8. The Balaban J connectivity index is 1.55. The van der Waals surface area contributed by atoms with E-state index in [2.05, 4.69) is 10.3 Å². The third kappa shape index (κ3) is 8.70. The van der Waals surface area contributed by atoms with Crippen LogP contribution >= 0.6 is 0 Å². The summed E-state index contributed by atoms with van der Waals surface area (Å²) in [5.74, 6) is 0.179. The van der Waals surface area contributed by atoms with Crippen LogP contribution in [0.3, 0.4) is 0 Å². The standard InChI is InChI=1S/C32H32F6N4O3/c1-3-13-42(30(44)40-25-16-23(31(33,34)35)15-24(17-25)32(36,37)38)20-29(43)41(19-21-8-10-26(45-2)11-9-21)14-12-22-18-39-28-7-5-4-6-27(22)28/h4-11,15-18,39H,3,12-14,19-20H2,1-2H3,(H,40,44). The molecule has 0 fully saturated rings. The maximum Gasteiger partial charge on any atom is 0.416 e. The van der Waals surface area contributed by atoms with Crippen molar-refractivity contribution in [2.75, 3.05) is 32.1 Å². The summed E-state index contributed by atoms with van der Waals surface area (Å²) in [5.41, 5.74) is -1.10. The lowest BCUT2D eigenvalue weighted by atomic mass is 10.1. The molecule has 240 valence electrons. The third-order valence-electron chi connectivity index (χ3n) is 7.16. The summed E-state index contributed by atoms with van der Waals surface area (Å²) in [4.78, 5) is 32.7. The summed E-state index contributed by atoms with van der Waals surface area (Å²) in [6.07, 6.45) is -7.43. The molecule has 7 nitrogen and oxygen atoms in total. The third-order valence-corrected chi connectivity index (χ3v) is 7.16. The molecule has 13 heteroatoms. The Morgan fingerprint density at radius 3 is 2.11 bits per heavy atom. The van der Waals surface area contributed by atoms with Gasteiger partial charge in [0.05, 0.1) is 18.2 Å². The van der Waals surface area contributed by atoms with E-state index in [-0.39, 0.29) is 25.7 Å². The molecular formula is C32H32F6N4O3. The summed E-state index contributed by atoms with van der Waals surface area (Å²) in [7, 11) is 1.53. The molecule has 0 unspecified atom stereocenters. The average molecular weight is 635 g/mol. The van der Waals surface area contributed by atoms with Crippen molar-refractivity contribution < 1.29 is 40.7 Å². The summed E-state index contributed by atoms with van der Waals surface area (Å²) < 4.78 is 85.3. The molecule has 3 amide bonds. The molecule has 0 aliphatic carbocycles. The van der Waals surface area contributed by atoms with Gasteiger partial charge in [-0.3, -0.25) is 4.79 Å². The van der Waals surface area contributed by atoms with Gasteiger partial charge in [-0.05, 0) is 60.4 Å². The van der Waals surface area contributed by atoms with Crippen LogP contribution in [0.5, 0.6) is 5.75 Å². The predicted octanol–water partition coefficient (Wildman–Crippen LogP) is 7.73. The SMILES string of the molecule is CCCN(CC(=O)N(CCc1c[nH]c2ccccc12)Cc1ccc(OC)cc1)C(=O)Nc1cc(C(F)(F)F)cc(C(F)(F)F)c1. The normalized spacial score (nSPS) is 11.8. The first-order chi connectivity index (χ1) is 21.3. The van der Waals surface area contributed by atoms with Gasteiger partial charge in [-0.1, -0.05) is 37.3 Å². The van der Waals surface area contributed by atoms with Crippen LogP contribution in [0.15, 0.2) is 72.9 Å². The van der Waals surface area contributed by atoms with Crippen LogP contribution < -0.4 is 10.1 Å². The van der Waals surface area contributed by atoms with Crippen LogP contribution in [0, 0.1) is 0 Å². The summed E-state index contributed by atoms with van der Waals surface area (Å²) >= 11 is 0. The van der Waals surface area contributed by atoms with Gasteiger partial charge in [0.1, 0.15) is 12.3 Å². The van der Waals surface area contributed by atoms with E-state index >= 15 is 0 Å². The minimum Gasteiger partial charge on any atom is -0.497 e. The van der Waals surface area contributed by atoms with Crippen molar-refractivity contribution in [1.82, 2.24) is 14.8 Å². The van der Waals surface area contributed by atoms with Crippen molar-refractivity contribution >= 4 is 28.5 Å². The number of carbonyl (C=O) groups is 2. The molecule has 4 aromatic rings. The minimum absolute atomic E-state index is 0.0201. The Kier molecular flexibility index (Phi) is 10.3. The number of aromatic amines is 1. The first kappa shape index (κ1) is 33.2. The number of alkyl halides is 6. The van der Waals surface area contributed by atoms with E-state index < -0.39 is 47.6 Å². The van der Waals surface area contributed by atoms with E-state index in [1.54, 1.807) is 36.1 Å². The van der Waals surface area contributed by atoms with Crippen molar-refractivity contribution in [2.24, 2.45) is 0 Å². The molecule has 0 saturated carbocycles. The van der Waals surface area contributed by atoms with Gasteiger partial charge in [-0.25, -0.2) is 4.79 Å². The number of amides is 3. The molecule has 3 aromatic carbocycles. The first-order valence-corrected chi connectivity index (χ1v) is 14.1. The number of rotatable bonds is 11. The quantitative estimate of drug-likeness (QED) is 0.166. The number of nitrogens with one attached hydrogen (secondary N) is 2. The maximum atomic E-state index is 13.7. The molecule has 0 atom stereocenters. The molecule has 0 aliphatic rings. The number of ether oxygens (including phenoxy) is 1. The van der Waals surface area contributed by atoms with Gasteiger partial charge in [0, 0.05) is 42.4 Å². The van der Waals surface area contributed by atoms with Crippen LogP contribution in [0.25, 0.3) is 10.9 Å². The van der Waals surface area contributed by atoms with Gasteiger partial charge in [-0.2, -0.15) is 26.3 Å². The highest BCUT2D eigenvalue weighted by molar-refractivity contribution is 5.92. The van der Waals surface area contributed by atoms with E-state index in [9.17, 15) is 35.9 Å². The van der Waals surface area contributed by atoms with E-state index in [0.29, 0.717) is 30.7 Å². The van der Waals surface area contributed by atoms with Crippen LogP contribution in [0.2, 0.25) is 0 Å². The second kappa shape index (κ2) is 14.0. The van der Waals surface area contributed by atoms with Gasteiger partial charge in [0.2, 0.25) is 5.91 Å². The second-order valence-electron chi connectivity index (χ2n) is 10.4. The Bertz CT molecular complexity index is 1580. The van der Waals surface area contributed by atoms with E-state index in [1.807, 2.05) is 30.5 Å². The Morgan fingerprint density at radius 1 is 0.867 bits per heavy atom. The maximum absolute atomic E-state index is 13.7. The number of nitrogens with zero attached hydrogens (tertiary/aromatic N) is 2. The molecule has 0 bridgehead atoms. The summed E-state index contributed by atoms with van der Waals surface area (Å²) in [6, 6.07) is 14.6. The van der Waals surface area contributed by atoms with Gasteiger partial charge in [-0.15, -0.1) is 0 Å². The molecule has 1 aromatic heterocycles. The van der Waals surface area contributed by atoms with Gasteiger partial charge in [0.15, 0.2) is 0 Å². The van der Waals surface area contributed by atoms with E-state index in [1.165, 1.54) is 7.11 Å². The van der Waals surface area contributed by atoms with Gasteiger partial charge < -0.3 is 24.8 Å². The molecule has 1 heterocycles. The molecule has 0 aliphatic heterocycles. The second-order valence-corrected chi connectivity index (χ2v) is 10.4. The fraction of sp³-hybridized carbons (Fsp3) is 0.312. The fourth-order valence-corrected chi connectivity index (χ4v) is 4.85. The topological polar surface area (TPSA) is 77.7 Å². The number of fused-ring (bicyclic) bond motifs is 1. The number of para-hydroxylation sites is 1. The Labute approximate surface area is 255 Å². The predicted molar refractivity (Wildman–Crippen MR) is 158 cm³/mol. The molecule has 0 spiro atoms. The number of carbonyl (C=O) groups excluding carboxylic acids is 2. The highest BCUT2D eigenvalue weighted by Gasteiger charge is 2.37. The number of hydrogen-bond donors (Lipinski definition) is 2. The van der Waals surface area contributed by atoms with Gasteiger partial charge >= 0.3 is 18.4 Å². The highest BCUT2D eigenvalue weighted by atomic mass is 19.4. The van der Waals surface area contributed by atoms with Crippen molar-refractivity contribution in [3.63, 3.8) is 0 Å². The number of anilines is 1. The van der Waals surface area contributed by atoms with Crippen LogP contribution in [0.1, 0.15) is 35.6 Å². The molecule has 0 radical (unpaired) electrons. The average Bonchev–Trinajstić information content (AvgIpc) is 3.41. The monoisotopic (exact) mass is 634 g/mol. The lowest BCUT2D eigenvalue weighted by Crippen LogP contribution is -2.45. The molecule has 0 saturated heterocycles. The number of aromatic nitrogens is 1. The van der Waals surface area contributed by atoms with Crippen molar-refractivity contribution in [2.45, 2.75) is 38.7 Å². The molecule has 4 rings (SSSR count). The number of halogens is 6.